The van der Waals surface area contributed by atoms with Crippen molar-refractivity contribution in [3.8, 4) is 0 Å². The summed E-state index contributed by atoms with van der Waals surface area (Å²) >= 11 is 5.44. The van der Waals surface area contributed by atoms with Gasteiger partial charge in [0.05, 0.1) is 0 Å². The summed E-state index contributed by atoms with van der Waals surface area (Å²) in [4.78, 5) is 10.9. The second-order valence-electron chi connectivity index (χ2n) is 6.22. The quantitative estimate of drug-likeness (QED) is 0.180. The number of carbonyl (C=O) groups excluding carboxylic acids is 1. The van der Waals surface area contributed by atoms with Gasteiger partial charge in [-0.1, -0.05) is 77.4 Å². The van der Waals surface area contributed by atoms with Crippen LogP contribution in [0.4, 0.5) is 0 Å². The van der Waals surface area contributed by atoms with Crippen molar-refractivity contribution < 1.29 is 4.79 Å². The molecule has 0 aromatic carbocycles. The lowest BCUT2D eigenvalue weighted by Gasteiger charge is -2.04. The number of unbranched alkanes of at least 4 members (excludes halogenated alkanes) is 10. The van der Waals surface area contributed by atoms with Crippen LogP contribution < -0.4 is 0 Å². The highest BCUT2D eigenvalue weighted by molar-refractivity contribution is 6.63. The lowest BCUT2D eigenvalue weighted by Crippen LogP contribution is -2.02. The summed E-state index contributed by atoms with van der Waals surface area (Å²) in [7, 11) is 0. The summed E-state index contributed by atoms with van der Waals surface area (Å²) in [6.07, 6.45) is 21.3. The second-order valence-corrected chi connectivity index (χ2v) is 6.60. The van der Waals surface area contributed by atoms with Crippen LogP contribution in [0.3, 0.4) is 0 Å². The SMILES string of the molecule is CCCCCCCC/C=C\CCCCCC[C@@H](C)C(=O)Cl. The molecule has 124 valence electrons. The Hall–Kier alpha value is -0.300. The summed E-state index contributed by atoms with van der Waals surface area (Å²) in [5.41, 5.74) is 0. The summed E-state index contributed by atoms with van der Waals surface area (Å²) in [6.45, 7) is 4.18. The number of carbonyl (C=O) groups is 1. The molecule has 1 nitrogen and oxygen atoms in total. The fourth-order valence-electron chi connectivity index (χ4n) is 2.46. The molecule has 0 aromatic rings. The van der Waals surface area contributed by atoms with Gasteiger partial charge in [-0.3, -0.25) is 4.79 Å². The molecule has 0 aliphatic heterocycles. The summed E-state index contributed by atoms with van der Waals surface area (Å²) < 4.78 is 0. The molecule has 0 radical (unpaired) electrons. The van der Waals surface area contributed by atoms with E-state index in [2.05, 4.69) is 19.1 Å². The number of allylic oxidation sites excluding steroid dienone is 2. The molecule has 1 atom stereocenters. The first-order chi connectivity index (χ1) is 10.2. The fourth-order valence-corrected chi connectivity index (χ4v) is 2.57. The Kier molecular flexibility index (Phi) is 15.8. The first-order valence-electron chi connectivity index (χ1n) is 9.02. The minimum Gasteiger partial charge on any atom is -0.281 e. The Morgan fingerprint density at radius 3 is 1.86 bits per heavy atom. The first-order valence-corrected chi connectivity index (χ1v) is 9.40. The van der Waals surface area contributed by atoms with Gasteiger partial charge in [-0.15, -0.1) is 0 Å². The molecule has 0 amide bonds. The lowest BCUT2D eigenvalue weighted by molar-refractivity contribution is -0.114. The van der Waals surface area contributed by atoms with Gasteiger partial charge >= 0.3 is 0 Å². The van der Waals surface area contributed by atoms with Gasteiger partial charge in [0.1, 0.15) is 0 Å². The summed E-state index contributed by atoms with van der Waals surface area (Å²) in [6, 6.07) is 0. The second kappa shape index (κ2) is 16.1. The zero-order valence-corrected chi connectivity index (χ0v) is 15.0. The molecule has 0 fully saturated rings. The Morgan fingerprint density at radius 2 is 1.33 bits per heavy atom. The lowest BCUT2D eigenvalue weighted by atomic mass is 10.0. The van der Waals surface area contributed by atoms with Gasteiger partial charge in [0.2, 0.25) is 5.24 Å². The van der Waals surface area contributed by atoms with E-state index in [1.54, 1.807) is 0 Å². The van der Waals surface area contributed by atoms with Crippen LogP contribution in [0.1, 0.15) is 97.3 Å². The summed E-state index contributed by atoms with van der Waals surface area (Å²) in [5, 5.41) is -0.187. The van der Waals surface area contributed by atoms with Gasteiger partial charge in [-0.25, -0.2) is 0 Å². The predicted molar refractivity (Wildman–Crippen MR) is 94.9 cm³/mol. The molecule has 0 bridgehead atoms. The van der Waals surface area contributed by atoms with E-state index in [1.165, 1.54) is 70.6 Å². The monoisotopic (exact) mass is 314 g/mol. The van der Waals surface area contributed by atoms with E-state index in [0.717, 1.165) is 12.8 Å². The number of hydrogen-bond acceptors (Lipinski definition) is 1. The molecule has 0 aliphatic rings. The normalized spacial score (nSPS) is 12.9. The molecule has 0 rings (SSSR count). The molecule has 0 unspecified atom stereocenters. The van der Waals surface area contributed by atoms with Crippen LogP contribution in [0.15, 0.2) is 12.2 Å². The van der Waals surface area contributed by atoms with Crippen molar-refractivity contribution in [2.24, 2.45) is 5.92 Å². The zero-order valence-electron chi connectivity index (χ0n) is 14.2. The highest BCUT2D eigenvalue weighted by Crippen LogP contribution is 2.14. The predicted octanol–water partition coefficient (Wildman–Crippen LogP) is 7.04. The van der Waals surface area contributed by atoms with Crippen molar-refractivity contribution >= 4 is 16.8 Å². The van der Waals surface area contributed by atoms with Crippen LogP contribution in [0.5, 0.6) is 0 Å². The molecule has 0 spiro atoms. The number of hydrogen-bond donors (Lipinski definition) is 0. The average molecular weight is 315 g/mol. The van der Waals surface area contributed by atoms with Gasteiger partial charge in [0.25, 0.3) is 0 Å². The maximum absolute atomic E-state index is 10.9. The van der Waals surface area contributed by atoms with Crippen LogP contribution in [0.25, 0.3) is 0 Å². The maximum atomic E-state index is 10.9. The molecule has 0 aliphatic carbocycles. The van der Waals surface area contributed by atoms with Crippen LogP contribution in [0, 0.1) is 5.92 Å². The highest BCUT2D eigenvalue weighted by Gasteiger charge is 2.08. The van der Waals surface area contributed by atoms with Gasteiger partial charge < -0.3 is 0 Å². The largest absolute Gasteiger partial charge is 0.281 e. The maximum Gasteiger partial charge on any atom is 0.224 e. The Morgan fingerprint density at radius 1 is 0.857 bits per heavy atom. The van der Waals surface area contributed by atoms with Crippen LogP contribution in [-0.4, -0.2) is 5.24 Å². The first kappa shape index (κ1) is 20.7. The summed E-state index contributed by atoms with van der Waals surface area (Å²) in [5.74, 6) is 0.0314. The molecular formula is C19H35ClO. The van der Waals surface area contributed by atoms with Crippen molar-refractivity contribution in [2.75, 3.05) is 0 Å². The molecule has 2 heteroatoms. The van der Waals surface area contributed by atoms with Crippen molar-refractivity contribution in [1.29, 1.82) is 0 Å². The van der Waals surface area contributed by atoms with Crippen LogP contribution in [0.2, 0.25) is 0 Å². The topological polar surface area (TPSA) is 17.1 Å². The molecular weight excluding hydrogens is 280 g/mol. The molecule has 0 saturated heterocycles. The minimum absolute atomic E-state index is 0.0314. The standard InChI is InChI=1S/C19H35ClO/c1-3-4-5-6-7-8-9-10-11-12-13-14-15-16-17-18(2)19(20)21/h10-11,18H,3-9,12-17H2,1-2H3/b11-10-/t18-/m1/s1. The van der Waals surface area contributed by atoms with E-state index < -0.39 is 0 Å². The number of halogens is 1. The van der Waals surface area contributed by atoms with Crippen molar-refractivity contribution in [3.63, 3.8) is 0 Å². The van der Waals surface area contributed by atoms with Gasteiger partial charge in [0.15, 0.2) is 0 Å². The third-order valence-corrected chi connectivity index (χ3v) is 4.41. The molecule has 0 aromatic heterocycles. The van der Waals surface area contributed by atoms with E-state index in [-0.39, 0.29) is 11.2 Å². The minimum atomic E-state index is -0.187. The molecule has 0 heterocycles. The fraction of sp³-hybridized carbons (Fsp3) is 0.842. The van der Waals surface area contributed by atoms with E-state index in [4.69, 9.17) is 11.6 Å². The van der Waals surface area contributed by atoms with E-state index in [1.807, 2.05) is 6.92 Å². The smallest absolute Gasteiger partial charge is 0.224 e. The van der Waals surface area contributed by atoms with Gasteiger partial charge in [0, 0.05) is 5.92 Å². The number of rotatable bonds is 15. The van der Waals surface area contributed by atoms with Crippen LogP contribution >= 0.6 is 11.6 Å². The zero-order chi connectivity index (χ0) is 15.8. The van der Waals surface area contributed by atoms with Gasteiger partial charge in [-0.05, 0) is 43.7 Å². The Bertz CT molecular complexity index is 260. The van der Waals surface area contributed by atoms with E-state index in [0.29, 0.717) is 0 Å². The van der Waals surface area contributed by atoms with Crippen LogP contribution in [-0.2, 0) is 4.79 Å². The highest BCUT2D eigenvalue weighted by atomic mass is 35.5. The van der Waals surface area contributed by atoms with Crippen molar-refractivity contribution in [2.45, 2.75) is 97.3 Å². The third kappa shape index (κ3) is 15.9. The third-order valence-electron chi connectivity index (χ3n) is 4.04. The molecule has 0 saturated carbocycles. The average Bonchev–Trinajstić information content (AvgIpc) is 2.47. The Labute approximate surface area is 137 Å². The van der Waals surface area contributed by atoms with E-state index in [9.17, 15) is 4.79 Å². The van der Waals surface area contributed by atoms with Crippen molar-refractivity contribution in [3.05, 3.63) is 12.2 Å². The van der Waals surface area contributed by atoms with Crippen molar-refractivity contribution in [1.82, 2.24) is 0 Å². The Balaban J connectivity index is 3.17. The van der Waals surface area contributed by atoms with Gasteiger partial charge in [-0.2, -0.15) is 0 Å². The molecule has 0 N–H and O–H groups in total. The molecule has 21 heavy (non-hydrogen) atoms. The van der Waals surface area contributed by atoms with E-state index >= 15 is 0 Å².